The average molecular weight is 2010 g/mol. The minimum Gasteiger partial charge on any atom is -0.322 e. The fourth-order valence-electron chi connectivity index (χ4n) is 16.1. The molecule has 732 valence electrons. The predicted molar refractivity (Wildman–Crippen MR) is 521 cm³/mol. The molecule has 9 heterocycles. The van der Waals surface area contributed by atoms with Gasteiger partial charge >= 0.3 is 18.5 Å². The van der Waals surface area contributed by atoms with E-state index in [1.54, 1.807) is 150 Å². The van der Waals surface area contributed by atoms with Crippen molar-refractivity contribution in [1.82, 2.24) is 47.7 Å². The van der Waals surface area contributed by atoms with Crippen LogP contribution in [-0.2, 0) is 18.5 Å². The predicted octanol–water partition coefficient (Wildman–Crippen LogP) is 28.8. The number of pyridine rings is 4. The first-order chi connectivity index (χ1) is 69.7. The molecule has 0 spiro atoms. The van der Waals surface area contributed by atoms with Gasteiger partial charge in [0.25, 0.3) is 23.6 Å². The maximum atomic E-state index is 14.5. The molecule has 11 aromatic carbocycles. The Labute approximate surface area is 822 Å². The van der Waals surface area contributed by atoms with Crippen LogP contribution in [0.25, 0.3) is 112 Å². The number of alkyl halides is 9. The summed E-state index contributed by atoms with van der Waals surface area (Å²) in [5, 5.41) is 14.6. The molecule has 4 amide bonds. The van der Waals surface area contributed by atoms with Crippen LogP contribution in [0.5, 0.6) is 0 Å². The van der Waals surface area contributed by atoms with Gasteiger partial charge in [-0.3, -0.25) is 37.4 Å². The van der Waals surface area contributed by atoms with Crippen molar-refractivity contribution in [2.24, 2.45) is 0 Å². The molecule has 0 aliphatic carbocycles. The van der Waals surface area contributed by atoms with Gasteiger partial charge in [-0.15, -0.1) is 0 Å². The Bertz CT molecular complexity index is 8230. The molecule has 0 radical (unpaired) electrons. The van der Waals surface area contributed by atoms with Gasteiger partial charge in [-0.1, -0.05) is 131 Å². The van der Waals surface area contributed by atoms with Gasteiger partial charge in [-0.2, -0.15) is 44.6 Å². The van der Waals surface area contributed by atoms with E-state index in [1.807, 2.05) is 71.0 Å². The first-order valence-corrected chi connectivity index (χ1v) is 44.4. The number of fused-ring (bicyclic) bond motifs is 4. The molecule has 0 fully saturated rings. The van der Waals surface area contributed by atoms with Crippen molar-refractivity contribution < 1.29 is 93.8 Å². The summed E-state index contributed by atoms with van der Waals surface area (Å²) < 4.78 is 243. The number of nitrogens with zero attached hydrogens (tertiary/aromatic N) is 10. The molecule has 0 aliphatic heterocycles. The summed E-state index contributed by atoms with van der Waals surface area (Å²) in [5.41, 5.74) is 6.87. The van der Waals surface area contributed by atoms with E-state index in [1.165, 1.54) is 92.7 Å². The zero-order valence-corrected chi connectivity index (χ0v) is 77.3. The number of hydrogen-bond donors (Lipinski definition) is 4. The molecule has 9 aromatic heterocycles. The van der Waals surface area contributed by atoms with Crippen LogP contribution in [0.4, 0.5) is 97.4 Å². The quantitative estimate of drug-likeness (QED) is 0.0672. The highest BCUT2D eigenvalue weighted by molar-refractivity contribution is 6.29. The van der Waals surface area contributed by atoms with E-state index in [-0.39, 0.29) is 67.4 Å². The highest BCUT2D eigenvalue weighted by Crippen LogP contribution is 2.43. The lowest BCUT2D eigenvalue weighted by Crippen LogP contribution is -2.19. The van der Waals surface area contributed by atoms with E-state index in [0.717, 1.165) is 88.0 Å². The van der Waals surface area contributed by atoms with Crippen molar-refractivity contribution in [3.8, 4) is 89.9 Å². The number of rotatable bonds is 16. The van der Waals surface area contributed by atoms with Crippen molar-refractivity contribution >= 4 is 80.3 Å². The number of carbonyl (C=O) groups is 4. The van der Waals surface area contributed by atoms with Gasteiger partial charge in [0.2, 0.25) is 5.28 Å². The number of nitrogens with one attached hydrogen (secondary N) is 4. The first kappa shape index (κ1) is 99.8. The lowest BCUT2D eigenvalue weighted by Gasteiger charge is -2.15. The van der Waals surface area contributed by atoms with Crippen LogP contribution < -0.4 is 21.3 Å². The van der Waals surface area contributed by atoms with E-state index in [0.29, 0.717) is 85.0 Å². The molecule has 18 nitrogen and oxygen atoms in total. The Morgan fingerprint density at radius 2 is 0.719 bits per heavy atom. The normalized spacial score (nSPS) is 11.5. The molecule has 0 atom stereocenters. The summed E-state index contributed by atoms with van der Waals surface area (Å²) >= 11 is 6.38. The Kier molecular flexibility index (Phi) is 28.1. The van der Waals surface area contributed by atoms with E-state index in [9.17, 15) is 93.8 Å². The summed E-state index contributed by atoms with van der Waals surface area (Å²) in [6.07, 6.45) is -6.51. The molecule has 146 heavy (non-hydrogen) atoms. The Hall–Kier alpha value is -17.8. The SMILES string of the molecule is Cc1ccc(NC(=O)c2cc(-c3cccc4c(-c5cccc(F)c5F)nc(Cl)n34)ccc2C(F)(F)F)cc1.Cc1ccc(NC(=O)c2cc(-c3cccc4c(-c5cccc(F)c5F)ncn34)ccc2C(F)(F)F)cc1.Cc1ccc(NC(=O)c2cc(-c3cccn4c(-c5cccc(F)c5F)cnc34)ncc2C(F)(F)F)cc1.Cc1ccc(NC(=O)c2cc(-c3ccnn4c(-c5cccc(F)c5F)cnc34)ccc2C)cc1. The molecule has 20 aromatic rings. The van der Waals surface area contributed by atoms with E-state index in [4.69, 9.17) is 11.6 Å². The van der Waals surface area contributed by atoms with Crippen LogP contribution in [-0.4, -0.2) is 71.4 Å². The number of carbonyl (C=O) groups excluding carboxylic acids is 4. The fraction of sp³-hybridized carbons (Fsp3) is 0.0727. The molecule has 4 N–H and O–H groups in total. The summed E-state index contributed by atoms with van der Waals surface area (Å²) in [7, 11) is 0. The number of amides is 4. The maximum Gasteiger partial charge on any atom is 0.418 e. The minimum atomic E-state index is -4.83. The average Bonchev–Trinajstić information content (AvgIpc) is 1.60. The minimum absolute atomic E-state index is 0.0387. The van der Waals surface area contributed by atoms with Crippen LogP contribution in [0.15, 0.2) is 322 Å². The Morgan fingerprint density at radius 3 is 1.21 bits per heavy atom. The van der Waals surface area contributed by atoms with Crippen LogP contribution >= 0.6 is 11.6 Å². The number of anilines is 4. The van der Waals surface area contributed by atoms with E-state index < -0.39 is 116 Å². The first-order valence-electron chi connectivity index (χ1n) is 44.1. The molecule has 0 saturated heterocycles. The number of benzene rings is 11. The zero-order valence-electron chi connectivity index (χ0n) is 76.5. The van der Waals surface area contributed by atoms with Crippen LogP contribution in [0.1, 0.15) is 85.9 Å². The monoisotopic (exact) mass is 2010 g/mol. The fourth-order valence-corrected chi connectivity index (χ4v) is 16.4. The third kappa shape index (κ3) is 21.0. The third-order valence-electron chi connectivity index (χ3n) is 23.5. The van der Waals surface area contributed by atoms with E-state index in [2.05, 4.69) is 51.3 Å². The molecule has 0 aliphatic rings. The summed E-state index contributed by atoms with van der Waals surface area (Å²) in [6, 6.07) is 70.0. The van der Waals surface area contributed by atoms with Gasteiger partial charge in [-0.25, -0.2) is 59.6 Å². The van der Waals surface area contributed by atoms with Crippen molar-refractivity contribution in [3.05, 3.63) is 441 Å². The summed E-state index contributed by atoms with van der Waals surface area (Å²) in [5.74, 6) is -11.3. The van der Waals surface area contributed by atoms with Crippen LogP contribution in [0.3, 0.4) is 0 Å². The lowest BCUT2D eigenvalue weighted by atomic mass is 10.00. The Morgan fingerprint density at radius 1 is 0.322 bits per heavy atom. The van der Waals surface area contributed by atoms with Crippen LogP contribution in [0.2, 0.25) is 5.28 Å². The molecular formula is C110H72ClF17N14O4. The number of imidazole rings is 4. The van der Waals surface area contributed by atoms with Crippen molar-refractivity contribution in [2.45, 2.75) is 53.1 Å². The topological polar surface area (TPSA) is 211 Å². The van der Waals surface area contributed by atoms with Gasteiger partial charge in [-0.05, 0) is 244 Å². The largest absolute Gasteiger partial charge is 0.418 e. The molecule has 0 saturated carbocycles. The molecular weight excluding hydrogens is 1940 g/mol. The van der Waals surface area contributed by atoms with Gasteiger partial charge in [0.15, 0.2) is 52.2 Å². The van der Waals surface area contributed by atoms with Gasteiger partial charge in [0.1, 0.15) is 17.7 Å². The second-order valence-corrected chi connectivity index (χ2v) is 33.7. The number of hydrogen-bond acceptors (Lipinski definition) is 10. The van der Waals surface area contributed by atoms with Crippen molar-refractivity contribution in [2.75, 3.05) is 21.3 Å². The lowest BCUT2D eigenvalue weighted by molar-refractivity contribution is -0.138. The van der Waals surface area contributed by atoms with Crippen molar-refractivity contribution in [1.29, 1.82) is 0 Å². The summed E-state index contributed by atoms with van der Waals surface area (Å²) in [4.78, 5) is 73.0. The summed E-state index contributed by atoms with van der Waals surface area (Å²) in [6.45, 7) is 9.38. The molecule has 20 rings (SSSR count). The maximum absolute atomic E-state index is 14.5. The number of aromatic nitrogens is 10. The second-order valence-electron chi connectivity index (χ2n) is 33.3. The van der Waals surface area contributed by atoms with E-state index >= 15 is 0 Å². The number of halogens is 18. The Balaban J connectivity index is 0.000000133. The van der Waals surface area contributed by atoms with Crippen LogP contribution in [0, 0.1) is 81.2 Å². The van der Waals surface area contributed by atoms with Gasteiger partial charge in [0.05, 0.1) is 91.0 Å². The smallest absolute Gasteiger partial charge is 0.322 e. The zero-order chi connectivity index (χ0) is 104. The molecule has 36 heteroatoms. The molecule has 0 unspecified atom stereocenters. The number of aryl methyl sites for hydroxylation is 5. The van der Waals surface area contributed by atoms with Gasteiger partial charge < -0.3 is 21.3 Å². The standard InChI is InChI=1S/C28H17ClF5N3O.C28H18F5N3O.C27H17F5N4O.C27H20F2N4O/c1-15-8-11-17(12-9-15)35-26(38)19-14-16(10-13-20(19)28(32,33)34)22-6-3-7-23-25(36-27(29)37(22)23)18-4-2-5-21(30)24(18)31;1-16-8-11-18(12-9-16)35-27(37)20-14-17(10-13-21(20)28(31,32)33)23-6-3-7-24-26(34-15-36(23)24)19-4-2-5-22(29)25(19)30;1-15-7-9-16(10-8-15)35-26(37)19-12-22(33-13-20(19)27(30,31)32)17-5-3-11-36-23(14-34-25(17)36)18-4-2-6-21(28)24(18)29;1-16-6-10-19(11-7-16)32-27(34)22-14-18(9-8-17(22)2)20-12-13-31-33-24(15-30-26(20)33)21-4-3-5-23(28)25(21)29/h2-14H,1H3,(H,35,38);2-15H,1H3,(H,35,37);2-14H,1H3,(H,35,37);3-15H,1-2H3,(H,32,34). The second kappa shape index (κ2) is 41.1. The highest BCUT2D eigenvalue weighted by atomic mass is 35.5. The molecule has 0 bridgehead atoms. The highest BCUT2D eigenvalue weighted by Gasteiger charge is 2.40. The van der Waals surface area contributed by atoms with Crippen molar-refractivity contribution in [3.63, 3.8) is 0 Å². The van der Waals surface area contributed by atoms with Gasteiger partial charge in [0, 0.05) is 80.3 Å². The third-order valence-corrected chi connectivity index (χ3v) is 23.7.